The molecule has 8 aromatic rings. The van der Waals surface area contributed by atoms with Gasteiger partial charge in [0.15, 0.2) is 0 Å². The fourth-order valence-electron chi connectivity index (χ4n) is 8.99. The molecule has 50 heavy (non-hydrogen) atoms. The molecule has 0 N–H and O–H groups in total. The molecule has 10 rings (SSSR count). The van der Waals surface area contributed by atoms with Gasteiger partial charge < -0.3 is 9.32 Å². The summed E-state index contributed by atoms with van der Waals surface area (Å²) in [5, 5.41) is 2.31. The predicted octanol–water partition coefficient (Wildman–Crippen LogP) is 13.3. The Kier molecular flexibility index (Phi) is 6.01. The van der Waals surface area contributed by atoms with Crippen molar-refractivity contribution in [2.24, 2.45) is 0 Å². The monoisotopic (exact) mass is 643 g/mol. The number of furan rings is 1. The normalized spacial score (nSPS) is 14.7. The molecule has 0 unspecified atom stereocenters. The van der Waals surface area contributed by atoms with Crippen LogP contribution in [0, 0.1) is 0 Å². The zero-order valence-electron chi connectivity index (χ0n) is 28.8. The van der Waals surface area contributed by atoms with E-state index in [1.165, 1.54) is 61.3 Å². The molecule has 2 heteroatoms. The molecule has 2 nitrogen and oxygen atoms in total. The van der Waals surface area contributed by atoms with Gasteiger partial charge in [0.05, 0.1) is 5.69 Å². The molecule has 0 aliphatic heterocycles. The largest absolute Gasteiger partial charge is 0.456 e. The third-order valence-corrected chi connectivity index (χ3v) is 11.5. The van der Waals surface area contributed by atoms with Crippen molar-refractivity contribution in [2.75, 3.05) is 4.90 Å². The Hall–Kier alpha value is -5.86. The summed E-state index contributed by atoms with van der Waals surface area (Å²) in [7, 11) is 0. The average molecular weight is 644 g/mol. The van der Waals surface area contributed by atoms with E-state index in [0.717, 1.165) is 33.3 Å². The van der Waals surface area contributed by atoms with E-state index in [9.17, 15) is 0 Å². The summed E-state index contributed by atoms with van der Waals surface area (Å²) in [5.74, 6) is 0. The summed E-state index contributed by atoms with van der Waals surface area (Å²) >= 11 is 0. The summed E-state index contributed by atoms with van der Waals surface area (Å²) in [6, 6.07) is 55.6. The number of anilines is 3. The fraction of sp³-hybridized carbons (Fsp3) is 0.125. The third-order valence-electron chi connectivity index (χ3n) is 11.5. The molecule has 2 aliphatic carbocycles. The molecule has 7 aromatic carbocycles. The van der Waals surface area contributed by atoms with Crippen LogP contribution in [0.4, 0.5) is 17.1 Å². The lowest BCUT2D eigenvalue weighted by atomic mass is 9.82. The minimum absolute atomic E-state index is 0.0922. The molecule has 0 fully saturated rings. The van der Waals surface area contributed by atoms with Gasteiger partial charge in [0, 0.05) is 38.5 Å². The Morgan fingerprint density at radius 1 is 0.440 bits per heavy atom. The minimum atomic E-state index is -0.100. The summed E-state index contributed by atoms with van der Waals surface area (Å²) in [4.78, 5) is 2.48. The first-order chi connectivity index (χ1) is 24.3. The predicted molar refractivity (Wildman–Crippen MR) is 209 cm³/mol. The van der Waals surface area contributed by atoms with Gasteiger partial charge in [0.2, 0.25) is 0 Å². The number of benzene rings is 7. The highest BCUT2D eigenvalue weighted by Gasteiger charge is 2.39. The van der Waals surface area contributed by atoms with Gasteiger partial charge in [-0.25, -0.2) is 0 Å². The highest BCUT2D eigenvalue weighted by Crippen LogP contribution is 2.55. The van der Waals surface area contributed by atoms with Crippen molar-refractivity contribution in [3.63, 3.8) is 0 Å². The second-order valence-corrected chi connectivity index (χ2v) is 14.9. The van der Waals surface area contributed by atoms with Crippen molar-refractivity contribution in [3.8, 4) is 33.4 Å². The van der Waals surface area contributed by atoms with Gasteiger partial charge in [0.25, 0.3) is 0 Å². The second-order valence-electron chi connectivity index (χ2n) is 14.9. The smallest absolute Gasteiger partial charge is 0.136 e. The second kappa shape index (κ2) is 10.3. The Bertz CT molecular complexity index is 2650. The van der Waals surface area contributed by atoms with E-state index in [1.54, 1.807) is 0 Å². The summed E-state index contributed by atoms with van der Waals surface area (Å²) in [6.07, 6.45) is 0. The molecular weight excluding hydrogens is 607 g/mol. The van der Waals surface area contributed by atoms with Gasteiger partial charge in [0.1, 0.15) is 11.2 Å². The van der Waals surface area contributed by atoms with Gasteiger partial charge >= 0.3 is 0 Å². The molecule has 0 saturated carbocycles. The van der Waals surface area contributed by atoms with Gasteiger partial charge in [-0.05, 0) is 92.5 Å². The van der Waals surface area contributed by atoms with Crippen LogP contribution in [0.15, 0.2) is 156 Å². The van der Waals surface area contributed by atoms with E-state index < -0.39 is 0 Å². The van der Waals surface area contributed by atoms with Gasteiger partial charge in [-0.2, -0.15) is 0 Å². The topological polar surface area (TPSA) is 16.4 Å². The van der Waals surface area contributed by atoms with E-state index in [0.29, 0.717) is 0 Å². The van der Waals surface area contributed by atoms with Gasteiger partial charge in [-0.15, -0.1) is 0 Å². The molecule has 2 aliphatic rings. The zero-order chi connectivity index (χ0) is 33.8. The summed E-state index contributed by atoms with van der Waals surface area (Å²) < 4.78 is 6.25. The highest BCUT2D eigenvalue weighted by atomic mass is 16.3. The number of fused-ring (bicyclic) bond motifs is 9. The number of para-hydroxylation sites is 1. The Morgan fingerprint density at radius 3 is 1.84 bits per heavy atom. The molecular formula is C48H37NO. The van der Waals surface area contributed by atoms with Crippen LogP contribution in [0.3, 0.4) is 0 Å². The average Bonchev–Trinajstić information content (AvgIpc) is 3.72. The van der Waals surface area contributed by atoms with Gasteiger partial charge in [-0.1, -0.05) is 137 Å². The molecule has 0 atom stereocenters. The number of hydrogen-bond acceptors (Lipinski definition) is 2. The van der Waals surface area contributed by atoms with Crippen molar-refractivity contribution < 1.29 is 4.42 Å². The lowest BCUT2D eigenvalue weighted by Crippen LogP contribution is -2.17. The maximum atomic E-state index is 6.25. The number of nitrogens with zero attached hydrogens (tertiary/aromatic N) is 1. The highest BCUT2D eigenvalue weighted by molar-refractivity contribution is 6.12. The maximum Gasteiger partial charge on any atom is 0.136 e. The molecule has 240 valence electrons. The zero-order valence-corrected chi connectivity index (χ0v) is 28.8. The molecule has 0 bridgehead atoms. The first-order valence-corrected chi connectivity index (χ1v) is 17.6. The summed E-state index contributed by atoms with van der Waals surface area (Å²) in [5.41, 5.74) is 18.3. The first-order valence-electron chi connectivity index (χ1n) is 17.6. The van der Waals surface area contributed by atoms with E-state index in [1.807, 2.05) is 12.1 Å². The number of hydrogen-bond donors (Lipinski definition) is 0. The van der Waals surface area contributed by atoms with Gasteiger partial charge in [-0.3, -0.25) is 0 Å². The van der Waals surface area contributed by atoms with Crippen molar-refractivity contribution in [1.82, 2.24) is 0 Å². The van der Waals surface area contributed by atoms with Crippen LogP contribution < -0.4 is 4.90 Å². The first kappa shape index (κ1) is 29.1. The number of rotatable bonds is 4. The van der Waals surface area contributed by atoms with Crippen molar-refractivity contribution >= 4 is 39.0 Å². The van der Waals surface area contributed by atoms with E-state index in [2.05, 4.69) is 172 Å². The lowest BCUT2D eigenvalue weighted by molar-refractivity contribution is 0.660. The van der Waals surface area contributed by atoms with E-state index in [-0.39, 0.29) is 10.8 Å². The minimum Gasteiger partial charge on any atom is -0.456 e. The van der Waals surface area contributed by atoms with Crippen molar-refractivity contribution in [1.29, 1.82) is 0 Å². The summed E-state index contributed by atoms with van der Waals surface area (Å²) in [6.45, 7) is 9.44. The molecule has 0 spiro atoms. The van der Waals surface area contributed by atoms with Crippen LogP contribution in [0.25, 0.3) is 55.3 Å². The fourth-order valence-corrected chi connectivity index (χ4v) is 8.99. The Morgan fingerprint density at radius 2 is 1.02 bits per heavy atom. The van der Waals surface area contributed by atoms with Crippen LogP contribution in [0.5, 0.6) is 0 Å². The van der Waals surface area contributed by atoms with Crippen LogP contribution >= 0.6 is 0 Å². The quantitative estimate of drug-likeness (QED) is 0.190. The van der Waals surface area contributed by atoms with Crippen LogP contribution in [-0.2, 0) is 10.8 Å². The molecule has 0 radical (unpaired) electrons. The van der Waals surface area contributed by atoms with Crippen LogP contribution in [0.2, 0.25) is 0 Å². The van der Waals surface area contributed by atoms with E-state index >= 15 is 0 Å². The third kappa shape index (κ3) is 3.96. The lowest BCUT2D eigenvalue weighted by Gasteiger charge is -2.30. The van der Waals surface area contributed by atoms with Crippen LogP contribution in [-0.4, -0.2) is 0 Å². The van der Waals surface area contributed by atoms with Crippen molar-refractivity contribution in [2.45, 2.75) is 38.5 Å². The maximum absolute atomic E-state index is 6.25. The molecule has 1 aromatic heterocycles. The standard InChI is InChI=1S/C48H37NO/c1-47(2)39-18-9-6-14-36(39)46-40(47)19-12-20-42(46)49(32-27-28-35-34-13-5-8-17-38(34)48(3,4)41(35)29-32)31-25-23-30(24-26-31)33-16-11-22-44-45(33)37-15-7-10-21-43(37)50-44/h5-29H,1-4H3. The molecule has 1 heterocycles. The Labute approximate surface area is 293 Å². The molecule has 0 saturated heterocycles. The van der Waals surface area contributed by atoms with Crippen molar-refractivity contribution in [3.05, 3.63) is 174 Å². The SMILES string of the molecule is CC1(C)c2ccccc2-c2ccc(N(c3ccc(-c4cccc5oc6ccccc6c45)cc3)c3cccc4c3-c3ccccc3C4(C)C)cc21. The van der Waals surface area contributed by atoms with Crippen LogP contribution in [0.1, 0.15) is 49.9 Å². The Balaban J connectivity index is 1.18. The molecule has 0 amide bonds. The van der Waals surface area contributed by atoms with E-state index in [4.69, 9.17) is 4.42 Å².